The molecule has 0 N–H and O–H groups in total. The van der Waals surface area contributed by atoms with Crippen LogP contribution in [0.4, 0.5) is 35.1 Å². The van der Waals surface area contributed by atoms with Gasteiger partial charge in [-0.15, -0.1) is 0 Å². The van der Waals surface area contributed by atoms with Crippen LogP contribution in [0, 0.1) is 46.7 Å². The Hall–Kier alpha value is -3.18. The van der Waals surface area contributed by atoms with Crippen molar-refractivity contribution in [1.29, 1.82) is 0 Å². The Morgan fingerprint density at radius 2 is 1.38 bits per heavy atom. The molecule has 3 aromatic carbocycles. The first kappa shape index (κ1) is 33.2. The van der Waals surface area contributed by atoms with E-state index in [0.29, 0.717) is 36.8 Å². The van der Waals surface area contributed by atoms with Crippen LogP contribution in [-0.4, -0.2) is 19.5 Å². The van der Waals surface area contributed by atoms with E-state index in [1.54, 1.807) is 6.07 Å². The maximum Gasteiger partial charge on any atom is 0.432 e. The molecule has 1 aliphatic heterocycles. The SMILES string of the molecule is CCCCCC1COC(C2CCC(c3ccc(-c4cc(F)c(C(F)(F)Oc5cc(F)c(F)c(F)c5)c(F)c4)c(F)c3)CC2)OC1. The van der Waals surface area contributed by atoms with Crippen LogP contribution >= 0.6 is 0 Å². The minimum absolute atomic E-state index is 0.0583. The molecule has 0 aromatic heterocycles. The zero-order valence-electron chi connectivity index (χ0n) is 24.7. The van der Waals surface area contributed by atoms with Gasteiger partial charge in [-0.2, -0.15) is 8.78 Å². The van der Waals surface area contributed by atoms with Crippen LogP contribution in [0.1, 0.15) is 75.3 Å². The maximum absolute atomic E-state index is 15.2. The molecule has 0 radical (unpaired) electrons. The smallest absolute Gasteiger partial charge is 0.429 e. The third-order valence-corrected chi connectivity index (χ3v) is 8.68. The van der Waals surface area contributed by atoms with Gasteiger partial charge in [0.25, 0.3) is 0 Å². The monoisotopic (exact) mass is 642 g/mol. The fraction of sp³-hybridized carbons (Fsp3) is 0.471. The Labute approximate surface area is 256 Å². The second-order valence-electron chi connectivity index (χ2n) is 11.9. The predicted octanol–water partition coefficient (Wildman–Crippen LogP) is 10.2. The molecule has 0 bridgehead atoms. The highest BCUT2D eigenvalue weighted by atomic mass is 19.3. The molecule has 3 aromatic rings. The standard InChI is InChI=1S/C34H34F8O3/c1-2-3-4-5-19-17-43-33(44-18-19)21-8-6-20(7-9-21)22-10-11-25(26(35)12-22)23-13-27(36)31(28(37)14-23)34(41,42)45-24-15-29(38)32(40)30(39)16-24/h10-16,19-21,33H,2-9,17-18H2,1H3. The van der Waals surface area contributed by atoms with Gasteiger partial charge in [0.15, 0.2) is 23.7 Å². The van der Waals surface area contributed by atoms with Crippen molar-refractivity contribution in [2.75, 3.05) is 13.2 Å². The molecule has 1 aliphatic carbocycles. The molecule has 5 rings (SSSR count). The highest BCUT2D eigenvalue weighted by Gasteiger charge is 2.42. The zero-order valence-corrected chi connectivity index (χ0v) is 24.7. The summed E-state index contributed by atoms with van der Waals surface area (Å²) in [5.74, 6) is -10.4. The van der Waals surface area contributed by atoms with Crippen molar-refractivity contribution in [2.45, 2.75) is 76.6 Å². The Morgan fingerprint density at radius 3 is 1.96 bits per heavy atom. The maximum atomic E-state index is 15.2. The molecular weight excluding hydrogens is 608 g/mol. The summed E-state index contributed by atoms with van der Waals surface area (Å²) in [7, 11) is 0. The van der Waals surface area contributed by atoms with Crippen molar-refractivity contribution in [3.8, 4) is 16.9 Å². The van der Waals surface area contributed by atoms with Gasteiger partial charge >= 0.3 is 6.11 Å². The first-order chi connectivity index (χ1) is 21.5. The Morgan fingerprint density at radius 1 is 0.756 bits per heavy atom. The van der Waals surface area contributed by atoms with Crippen LogP contribution in [0.2, 0.25) is 0 Å². The topological polar surface area (TPSA) is 27.7 Å². The first-order valence-electron chi connectivity index (χ1n) is 15.2. The number of unbranched alkanes of at least 4 members (excludes halogenated alkanes) is 2. The minimum Gasteiger partial charge on any atom is -0.429 e. The quantitative estimate of drug-likeness (QED) is 0.125. The normalized spacial score (nSPS) is 22.4. The van der Waals surface area contributed by atoms with Crippen LogP contribution < -0.4 is 4.74 Å². The van der Waals surface area contributed by atoms with Crippen LogP contribution in [0.25, 0.3) is 11.1 Å². The lowest BCUT2D eigenvalue weighted by Crippen LogP contribution is -2.38. The third-order valence-electron chi connectivity index (χ3n) is 8.68. The summed E-state index contributed by atoms with van der Waals surface area (Å²) in [6.45, 7) is 3.56. The van der Waals surface area contributed by atoms with E-state index in [1.807, 2.05) is 0 Å². The van der Waals surface area contributed by atoms with Crippen molar-refractivity contribution in [1.82, 2.24) is 0 Å². The van der Waals surface area contributed by atoms with Crippen molar-refractivity contribution < 1.29 is 49.3 Å². The van der Waals surface area contributed by atoms with E-state index in [2.05, 4.69) is 11.7 Å². The summed E-state index contributed by atoms with van der Waals surface area (Å²) in [6, 6.07) is 5.54. The van der Waals surface area contributed by atoms with E-state index in [0.717, 1.165) is 32.1 Å². The van der Waals surface area contributed by atoms with Crippen molar-refractivity contribution in [3.63, 3.8) is 0 Å². The largest absolute Gasteiger partial charge is 0.432 e. The molecule has 45 heavy (non-hydrogen) atoms. The van der Waals surface area contributed by atoms with Gasteiger partial charge in [0, 0.05) is 29.5 Å². The fourth-order valence-corrected chi connectivity index (χ4v) is 6.22. The molecule has 0 amide bonds. The fourth-order valence-electron chi connectivity index (χ4n) is 6.22. The average molecular weight is 643 g/mol. The molecule has 3 nitrogen and oxygen atoms in total. The summed E-state index contributed by atoms with van der Waals surface area (Å²) >= 11 is 0. The lowest BCUT2D eigenvalue weighted by atomic mass is 9.78. The van der Waals surface area contributed by atoms with Crippen molar-refractivity contribution >= 4 is 0 Å². The molecule has 0 spiro atoms. The van der Waals surface area contributed by atoms with Gasteiger partial charge in [0.05, 0.1) is 13.2 Å². The number of alkyl halides is 2. The second-order valence-corrected chi connectivity index (χ2v) is 11.9. The van der Waals surface area contributed by atoms with Gasteiger partial charge < -0.3 is 14.2 Å². The number of rotatable bonds is 10. The number of halogens is 8. The molecule has 2 aliphatic rings. The van der Waals surface area contributed by atoms with Crippen LogP contribution in [0.15, 0.2) is 42.5 Å². The summed E-state index contributed by atoms with van der Waals surface area (Å²) in [5.41, 5.74) is -1.69. The summed E-state index contributed by atoms with van der Waals surface area (Å²) in [4.78, 5) is 0. The number of hydrogen-bond donors (Lipinski definition) is 0. The van der Waals surface area contributed by atoms with Gasteiger partial charge in [-0.1, -0.05) is 38.3 Å². The average Bonchev–Trinajstić information content (AvgIpc) is 2.99. The molecule has 0 atom stereocenters. The molecule has 1 saturated carbocycles. The predicted molar refractivity (Wildman–Crippen MR) is 151 cm³/mol. The second kappa shape index (κ2) is 14.1. The minimum atomic E-state index is -4.74. The first-order valence-corrected chi connectivity index (χ1v) is 15.2. The molecule has 244 valence electrons. The van der Waals surface area contributed by atoms with Crippen molar-refractivity contribution in [2.24, 2.45) is 11.8 Å². The molecule has 11 heteroatoms. The summed E-state index contributed by atoms with van der Waals surface area (Å²) < 4.78 is 131. The van der Waals surface area contributed by atoms with Gasteiger partial charge in [-0.3, -0.25) is 0 Å². The number of ether oxygens (including phenoxy) is 3. The molecule has 1 saturated heterocycles. The molecule has 2 fully saturated rings. The molecule has 1 heterocycles. The third kappa shape index (κ3) is 7.62. The van der Waals surface area contributed by atoms with Gasteiger partial charge in [0.1, 0.15) is 28.8 Å². The van der Waals surface area contributed by atoms with Gasteiger partial charge in [0.2, 0.25) is 0 Å². The van der Waals surface area contributed by atoms with Gasteiger partial charge in [-0.25, -0.2) is 26.3 Å². The molecule has 0 unspecified atom stereocenters. The van der Waals surface area contributed by atoms with Crippen LogP contribution in [-0.2, 0) is 15.6 Å². The van der Waals surface area contributed by atoms with Crippen LogP contribution in [0.5, 0.6) is 5.75 Å². The Balaban J connectivity index is 1.22. The van der Waals surface area contributed by atoms with E-state index >= 15 is 4.39 Å². The van der Waals surface area contributed by atoms with Crippen LogP contribution in [0.3, 0.4) is 0 Å². The van der Waals surface area contributed by atoms with E-state index in [-0.39, 0.29) is 41.4 Å². The highest BCUT2D eigenvalue weighted by Crippen LogP contribution is 2.41. The van der Waals surface area contributed by atoms with E-state index < -0.39 is 52.3 Å². The Kier molecular flexibility index (Phi) is 10.4. The number of hydrogen-bond acceptors (Lipinski definition) is 3. The summed E-state index contributed by atoms with van der Waals surface area (Å²) in [6.07, 6.45) is 2.90. The Bertz CT molecular complexity index is 1430. The van der Waals surface area contributed by atoms with E-state index in [9.17, 15) is 30.7 Å². The van der Waals surface area contributed by atoms with E-state index in [4.69, 9.17) is 9.47 Å². The van der Waals surface area contributed by atoms with E-state index in [1.165, 1.54) is 31.4 Å². The van der Waals surface area contributed by atoms with Gasteiger partial charge in [-0.05, 0) is 67.3 Å². The van der Waals surface area contributed by atoms with Crippen molar-refractivity contribution in [3.05, 3.63) is 88.5 Å². The lowest BCUT2D eigenvalue weighted by molar-refractivity contribution is -0.229. The zero-order chi connectivity index (χ0) is 32.3. The highest BCUT2D eigenvalue weighted by molar-refractivity contribution is 5.65. The lowest BCUT2D eigenvalue weighted by Gasteiger charge is -2.37. The molecular formula is C34H34F8O3. The summed E-state index contributed by atoms with van der Waals surface area (Å²) in [5, 5.41) is 0. The number of benzene rings is 3.